The van der Waals surface area contributed by atoms with Crippen molar-refractivity contribution >= 4 is 33.5 Å². The Bertz CT molecular complexity index is 802. The van der Waals surface area contributed by atoms with E-state index in [-0.39, 0.29) is 23.6 Å². The summed E-state index contributed by atoms with van der Waals surface area (Å²) < 4.78 is 26.0. The molecule has 10 heteroatoms. The highest BCUT2D eigenvalue weighted by Crippen LogP contribution is 2.18. The predicted octanol–water partition coefficient (Wildman–Crippen LogP) is 1.03. The summed E-state index contributed by atoms with van der Waals surface area (Å²) in [5, 5.41) is 13.9. The van der Waals surface area contributed by atoms with E-state index in [9.17, 15) is 22.8 Å². The van der Waals surface area contributed by atoms with Crippen molar-refractivity contribution in [3.8, 4) is 0 Å². The highest BCUT2D eigenvalue weighted by Gasteiger charge is 2.26. The predicted molar refractivity (Wildman–Crippen MR) is 99.7 cm³/mol. The number of nitrogens with zero attached hydrogens (tertiary/aromatic N) is 1. The van der Waals surface area contributed by atoms with Crippen molar-refractivity contribution in [2.45, 2.75) is 44.0 Å². The van der Waals surface area contributed by atoms with E-state index in [1.165, 1.54) is 38.2 Å². The monoisotopic (exact) mass is 399 g/mol. The summed E-state index contributed by atoms with van der Waals surface area (Å²) in [7, 11) is -2.62. The minimum Gasteiger partial charge on any atom is -0.481 e. The number of anilines is 1. The first-order chi connectivity index (χ1) is 12.3. The molecule has 3 N–H and O–H groups in total. The first-order valence-corrected chi connectivity index (χ1v) is 9.64. The van der Waals surface area contributed by atoms with Crippen LogP contribution in [0.25, 0.3) is 0 Å². The molecule has 0 unspecified atom stereocenters. The van der Waals surface area contributed by atoms with Gasteiger partial charge >= 0.3 is 5.97 Å². The molecule has 0 aromatic heterocycles. The minimum atomic E-state index is -3.89. The lowest BCUT2D eigenvalue weighted by Crippen LogP contribution is -2.48. The van der Waals surface area contributed by atoms with Crippen molar-refractivity contribution in [3.63, 3.8) is 0 Å². The molecular weight excluding hydrogens is 374 g/mol. The summed E-state index contributed by atoms with van der Waals surface area (Å²) in [6.45, 7) is 4.27. The second-order valence-corrected chi connectivity index (χ2v) is 8.84. The largest absolute Gasteiger partial charge is 0.481 e. The lowest BCUT2D eigenvalue weighted by molar-refractivity contribution is -0.137. The number of benzene rings is 1. The smallest absolute Gasteiger partial charge is 0.303 e. The number of nitrogens with one attached hydrogen (secondary N) is 2. The van der Waals surface area contributed by atoms with Crippen LogP contribution < -0.4 is 10.6 Å². The van der Waals surface area contributed by atoms with E-state index in [1.807, 2.05) is 0 Å². The summed E-state index contributed by atoms with van der Waals surface area (Å²) in [4.78, 5) is 33.8. The zero-order valence-corrected chi connectivity index (χ0v) is 16.6. The third kappa shape index (κ3) is 7.35. The van der Waals surface area contributed by atoms with E-state index in [2.05, 4.69) is 10.6 Å². The van der Waals surface area contributed by atoms with Gasteiger partial charge in [-0.05, 0) is 44.5 Å². The molecule has 0 aliphatic carbocycles. The highest BCUT2D eigenvalue weighted by atomic mass is 32.2. The number of carboxylic acid groups (broad SMARTS) is 1. The zero-order chi connectivity index (χ0) is 20.8. The first-order valence-electron chi connectivity index (χ1n) is 8.20. The lowest BCUT2D eigenvalue weighted by atomic mass is 9.98. The van der Waals surface area contributed by atoms with E-state index >= 15 is 0 Å². The number of aliphatic carboxylic acids is 1. The number of hydrogen-bond donors (Lipinski definition) is 3. The van der Waals surface area contributed by atoms with Gasteiger partial charge in [0.25, 0.3) is 0 Å². The number of rotatable bonds is 9. The molecule has 0 heterocycles. The molecule has 0 radical (unpaired) electrons. The lowest BCUT2D eigenvalue weighted by Gasteiger charge is -2.27. The van der Waals surface area contributed by atoms with Gasteiger partial charge in [-0.2, -0.15) is 4.31 Å². The maximum atomic E-state index is 12.6. The highest BCUT2D eigenvalue weighted by molar-refractivity contribution is 7.89. The fraction of sp³-hybridized carbons (Fsp3) is 0.471. The van der Waals surface area contributed by atoms with Crippen molar-refractivity contribution < 1.29 is 27.9 Å². The fourth-order valence-corrected chi connectivity index (χ4v) is 3.41. The molecule has 2 amide bonds. The van der Waals surface area contributed by atoms with Crippen LogP contribution in [-0.2, 0) is 24.4 Å². The van der Waals surface area contributed by atoms with E-state index in [4.69, 9.17) is 5.11 Å². The van der Waals surface area contributed by atoms with Crippen LogP contribution in [0.2, 0.25) is 0 Å². The molecule has 0 saturated carbocycles. The van der Waals surface area contributed by atoms with Crippen LogP contribution in [-0.4, -0.2) is 54.7 Å². The Kier molecular flexibility index (Phi) is 7.49. The maximum absolute atomic E-state index is 12.6. The van der Waals surface area contributed by atoms with Crippen LogP contribution >= 0.6 is 0 Å². The van der Waals surface area contributed by atoms with Gasteiger partial charge in [0.15, 0.2) is 0 Å². The standard InChI is InChI=1S/C17H25N3O6S/c1-12(21)18-13-5-7-14(8-6-13)27(25,26)20(4)11-15(22)19-17(2,3)10-9-16(23)24/h5-8H,9-11H2,1-4H3,(H,18,21)(H,19,22)(H,23,24). The van der Waals surface area contributed by atoms with Gasteiger partial charge in [-0.15, -0.1) is 0 Å². The SMILES string of the molecule is CC(=O)Nc1ccc(S(=O)(=O)N(C)CC(=O)NC(C)(C)CCC(=O)O)cc1. The van der Waals surface area contributed by atoms with Crippen molar-refractivity contribution in [2.24, 2.45) is 0 Å². The van der Waals surface area contributed by atoms with Gasteiger partial charge in [-0.3, -0.25) is 14.4 Å². The number of amides is 2. The second kappa shape index (κ2) is 8.96. The molecule has 1 rings (SSSR count). The van der Waals surface area contributed by atoms with Gasteiger partial charge in [-0.25, -0.2) is 8.42 Å². The van der Waals surface area contributed by atoms with E-state index in [1.54, 1.807) is 13.8 Å². The van der Waals surface area contributed by atoms with E-state index < -0.39 is 34.0 Å². The van der Waals surface area contributed by atoms with Crippen LogP contribution in [0.3, 0.4) is 0 Å². The second-order valence-electron chi connectivity index (χ2n) is 6.79. The minimum absolute atomic E-state index is 0.0166. The molecule has 0 aliphatic heterocycles. The average Bonchev–Trinajstić information content (AvgIpc) is 2.52. The molecule has 0 atom stereocenters. The summed E-state index contributed by atoms with van der Waals surface area (Å²) in [5.74, 6) is -1.78. The Balaban J connectivity index is 2.76. The van der Waals surface area contributed by atoms with Crippen LogP contribution in [0.15, 0.2) is 29.2 Å². The van der Waals surface area contributed by atoms with Gasteiger partial charge in [0.05, 0.1) is 11.4 Å². The summed E-state index contributed by atoms with van der Waals surface area (Å²) in [5.41, 5.74) is -0.317. The van der Waals surface area contributed by atoms with Crippen molar-refractivity contribution in [1.29, 1.82) is 0 Å². The Morgan fingerprint density at radius 2 is 1.70 bits per heavy atom. The molecule has 0 bridgehead atoms. The molecular formula is C17H25N3O6S. The van der Waals surface area contributed by atoms with Gasteiger partial charge < -0.3 is 15.7 Å². The molecule has 0 saturated heterocycles. The van der Waals surface area contributed by atoms with Gasteiger partial charge in [0.2, 0.25) is 21.8 Å². The fourth-order valence-electron chi connectivity index (χ4n) is 2.28. The molecule has 0 aliphatic rings. The van der Waals surface area contributed by atoms with Crippen LogP contribution in [0.5, 0.6) is 0 Å². The van der Waals surface area contributed by atoms with Crippen molar-refractivity contribution in [2.75, 3.05) is 18.9 Å². The quantitative estimate of drug-likeness (QED) is 0.568. The summed E-state index contributed by atoms with van der Waals surface area (Å²) in [6, 6.07) is 5.59. The molecule has 150 valence electrons. The van der Waals surface area contributed by atoms with Crippen LogP contribution in [0.1, 0.15) is 33.6 Å². The molecule has 1 aromatic carbocycles. The Labute approximate surface area is 158 Å². The number of likely N-dealkylation sites (N-methyl/N-ethyl adjacent to an activating group) is 1. The van der Waals surface area contributed by atoms with Crippen molar-refractivity contribution in [1.82, 2.24) is 9.62 Å². The maximum Gasteiger partial charge on any atom is 0.303 e. The van der Waals surface area contributed by atoms with Gasteiger partial charge in [0, 0.05) is 31.6 Å². The number of sulfonamides is 1. The molecule has 0 fully saturated rings. The zero-order valence-electron chi connectivity index (χ0n) is 15.8. The number of carboxylic acids is 1. The summed E-state index contributed by atoms with van der Waals surface area (Å²) in [6.07, 6.45) is 0.108. The molecule has 9 nitrogen and oxygen atoms in total. The van der Waals surface area contributed by atoms with Crippen LogP contribution in [0.4, 0.5) is 5.69 Å². The van der Waals surface area contributed by atoms with Gasteiger partial charge in [-0.1, -0.05) is 0 Å². The topological polar surface area (TPSA) is 133 Å². The van der Waals surface area contributed by atoms with Crippen molar-refractivity contribution in [3.05, 3.63) is 24.3 Å². The molecule has 1 aromatic rings. The number of carbonyl (C=O) groups is 3. The Morgan fingerprint density at radius 3 is 2.19 bits per heavy atom. The number of hydrogen-bond acceptors (Lipinski definition) is 5. The first kappa shape index (κ1) is 22.6. The van der Waals surface area contributed by atoms with Crippen LogP contribution in [0, 0.1) is 0 Å². The normalized spacial score (nSPS) is 11.9. The van der Waals surface area contributed by atoms with E-state index in [0.717, 1.165) is 4.31 Å². The average molecular weight is 399 g/mol. The third-order valence-corrected chi connectivity index (χ3v) is 5.51. The van der Waals surface area contributed by atoms with Gasteiger partial charge in [0.1, 0.15) is 0 Å². The molecule has 0 spiro atoms. The third-order valence-electron chi connectivity index (χ3n) is 3.69. The molecule has 27 heavy (non-hydrogen) atoms. The van der Waals surface area contributed by atoms with E-state index in [0.29, 0.717) is 5.69 Å². The number of carbonyl (C=O) groups excluding carboxylic acids is 2. The summed E-state index contributed by atoms with van der Waals surface area (Å²) >= 11 is 0. The Hall–Kier alpha value is -2.46. The Morgan fingerprint density at radius 1 is 1.15 bits per heavy atom.